The van der Waals surface area contributed by atoms with Crippen LogP contribution in [0.5, 0.6) is 0 Å². The van der Waals surface area contributed by atoms with Gasteiger partial charge in [-0.05, 0) is 45.4 Å². The van der Waals surface area contributed by atoms with Crippen LogP contribution in [-0.4, -0.2) is 47.9 Å². The molecule has 0 saturated carbocycles. The number of alkyl halides is 1. The fourth-order valence-corrected chi connectivity index (χ4v) is 3.37. The van der Waals surface area contributed by atoms with Gasteiger partial charge < -0.3 is 14.4 Å². The molecule has 1 saturated heterocycles. The van der Waals surface area contributed by atoms with Gasteiger partial charge in [-0.25, -0.2) is 14.0 Å². The van der Waals surface area contributed by atoms with E-state index in [0.29, 0.717) is 10.6 Å². The van der Waals surface area contributed by atoms with Crippen LogP contribution in [0, 0.1) is 0 Å². The molecule has 160 valence electrons. The van der Waals surface area contributed by atoms with Crippen molar-refractivity contribution in [3.63, 3.8) is 0 Å². The van der Waals surface area contributed by atoms with E-state index in [9.17, 15) is 9.59 Å². The molecule has 1 aliphatic rings. The fraction of sp³-hybridized carbons (Fsp3) is 0.524. The second-order valence-electron chi connectivity index (χ2n) is 7.87. The minimum absolute atomic E-state index is 0.0116. The number of halogens is 3. The first kappa shape index (κ1) is 23.5. The van der Waals surface area contributed by atoms with E-state index >= 15 is 4.39 Å². The number of hydrogen-bond acceptors (Lipinski definition) is 4. The first-order valence-corrected chi connectivity index (χ1v) is 10.2. The number of piperidine rings is 1. The minimum Gasteiger partial charge on any atom is -0.463 e. The predicted molar refractivity (Wildman–Crippen MR) is 112 cm³/mol. The minimum atomic E-state index is -1.83. The Hall–Kier alpha value is -1.79. The Morgan fingerprint density at radius 1 is 1.21 bits per heavy atom. The molecule has 29 heavy (non-hydrogen) atoms. The van der Waals surface area contributed by atoms with Gasteiger partial charge in [-0.1, -0.05) is 29.3 Å². The Kier molecular flexibility index (Phi) is 7.57. The van der Waals surface area contributed by atoms with Crippen molar-refractivity contribution in [1.29, 1.82) is 0 Å². The maximum Gasteiger partial charge on any atom is 0.410 e. The average Bonchev–Trinajstić information content (AvgIpc) is 2.61. The molecule has 0 bridgehead atoms. The zero-order valence-electron chi connectivity index (χ0n) is 17.1. The molecular weight excluding hydrogens is 420 g/mol. The summed E-state index contributed by atoms with van der Waals surface area (Å²) in [6.45, 7) is 7.50. The third-order valence-electron chi connectivity index (χ3n) is 4.47. The van der Waals surface area contributed by atoms with Crippen LogP contribution in [-0.2, 0) is 14.3 Å². The molecule has 2 rings (SSSR count). The molecule has 1 amide bonds. The highest BCUT2D eigenvalue weighted by atomic mass is 35.5. The zero-order valence-corrected chi connectivity index (χ0v) is 18.6. The van der Waals surface area contributed by atoms with E-state index in [1.807, 2.05) is 0 Å². The molecule has 1 aliphatic heterocycles. The van der Waals surface area contributed by atoms with Crippen molar-refractivity contribution in [1.82, 2.24) is 4.90 Å². The normalized spacial score (nSPS) is 17.1. The molecule has 0 N–H and O–H groups in total. The standard InChI is InChI=1S/C21H26Cl2FNO4/c1-5-28-18(26)13-15(14-6-7-16(22)17(23)12-14)21(24)8-10-25(11-9-21)19(27)29-20(2,3)4/h6-7,12-13H,5,8-11H2,1-4H3/b15-13-. The number of likely N-dealkylation sites (tertiary alicyclic amines) is 1. The van der Waals surface area contributed by atoms with Gasteiger partial charge in [-0.3, -0.25) is 0 Å². The van der Waals surface area contributed by atoms with Gasteiger partial charge >= 0.3 is 12.1 Å². The van der Waals surface area contributed by atoms with Crippen molar-refractivity contribution in [2.24, 2.45) is 0 Å². The number of nitrogens with zero attached hydrogens (tertiary/aromatic N) is 1. The van der Waals surface area contributed by atoms with Gasteiger partial charge in [-0.2, -0.15) is 0 Å². The molecular formula is C21H26Cl2FNO4. The molecule has 1 aromatic carbocycles. The van der Waals surface area contributed by atoms with Crippen molar-refractivity contribution in [2.45, 2.75) is 51.8 Å². The first-order chi connectivity index (χ1) is 13.4. The number of esters is 1. The smallest absolute Gasteiger partial charge is 0.410 e. The molecule has 0 aromatic heterocycles. The van der Waals surface area contributed by atoms with Crippen LogP contribution in [0.3, 0.4) is 0 Å². The molecule has 0 spiro atoms. The highest BCUT2D eigenvalue weighted by Crippen LogP contribution is 2.41. The summed E-state index contributed by atoms with van der Waals surface area (Å²) in [7, 11) is 0. The van der Waals surface area contributed by atoms with E-state index < -0.39 is 23.3 Å². The van der Waals surface area contributed by atoms with Crippen molar-refractivity contribution < 1.29 is 23.5 Å². The molecule has 0 aliphatic carbocycles. The monoisotopic (exact) mass is 445 g/mol. The SMILES string of the molecule is CCOC(=O)/C=C(/c1ccc(Cl)c(Cl)c1)C1(F)CCN(C(=O)OC(C)(C)C)CC1. The van der Waals surface area contributed by atoms with Gasteiger partial charge in [0.05, 0.1) is 16.7 Å². The number of carbonyl (C=O) groups excluding carboxylic acids is 2. The molecule has 0 radical (unpaired) electrons. The van der Waals surface area contributed by atoms with Gasteiger partial charge in [0.1, 0.15) is 11.3 Å². The average molecular weight is 446 g/mol. The number of amides is 1. The lowest BCUT2D eigenvalue weighted by atomic mass is 9.82. The molecule has 0 unspecified atom stereocenters. The van der Waals surface area contributed by atoms with E-state index in [4.69, 9.17) is 32.7 Å². The molecule has 1 heterocycles. The number of allylic oxidation sites excluding steroid dienone is 1. The summed E-state index contributed by atoms with van der Waals surface area (Å²) in [5, 5.41) is 0.590. The van der Waals surface area contributed by atoms with E-state index in [0.717, 1.165) is 6.08 Å². The Morgan fingerprint density at radius 3 is 2.34 bits per heavy atom. The van der Waals surface area contributed by atoms with Crippen LogP contribution in [0.4, 0.5) is 9.18 Å². The molecule has 8 heteroatoms. The quantitative estimate of drug-likeness (QED) is 0.441. The Balaban J connectivity index is 2.28. The molecule has 1 aromatic rings. The van der Waals surface area contributed by atoms with Crippen LogP contribution in [0.25, 0.3) is 5.57 Å². The summed E-state index contributed by atoms with van der Waals surface area (Å²) >= 11 is 12.1. The topological polar surface area (TPSA) is 55.8 Å². The van der Waals surface area contributed by atoms with Crippen LogP contribution in [0.2, 0.25) is 10.0 Å². The van der Waals surface area contributed by atoms with Gasteiger partial charge in [0.15, 0.2) is 0 Å². The number of ether oxygens (including phenoxy) is 2. The third-order valence-corrected chi connectivity index (χ3v) is 5.21. The second kappa shape index (κ2) is 9.35. The third kappa shape index (κ3) is 6.34. The van der Waals surface area contributed by atoms with Gasteiger partial charge in [0.2, 0.25) is 0 Å². The molecule has 5 nitrogen and oxygen atoms in total. The summed E-state index contributed by atoms with van der Waals surface area (Å²) in [6, 6.07) is 4.69. The van der Waals surface area contributed by atoms with Crippen LogP contribution in [0.15, 0.2) is 24.3 Å². The number of carbonyl (C=O) groups is 2. The fourth-order valence-electron chi connectivity index (χ4n) is 3.08. The molecule has 1 fully saturated rings. The second-order valence-corrected chi connectivity index (χ2v) is 8.69. The van der Waals surface area contributed by atoms with Crippen molar-refractivity contribution in [3.8, 4) is 0 Å². The maximum atomic E-state index is 16.0. The van der Waals surface area contributed by atoms with Crippen molar-refractivity contribution in [2.75, 3.05) is 19.7 Å². The Labute approximate surface area is 180 Å². The van der Waals surface area contributed by atoms with E-state index in [1.54, 1.807) is 39.8 Å². The molecule has 0 atom stereocenters. The predicted octanol–water partition coefficient (Wildman–Crippen LogP) is 5.68. The largest absolute Gasteiger partial charge is 0.463 e. The summed E-state index contributed by atoms with van der Waals surface area (Å²) < 4.78 is 26.3. The van der Waals surface area contributed by atoms with Gasteiger partial charge in [0.25, 0.3) is 0 Å². The van der Waals surface area contributed by atoms with Gasteiger partial charge in [0, 0.05) is 37.6 Å². The summed E-state index contributed by atoms with van der Waals surface area (Å²) in [5.74, 6) is -0.639. The van der Waals surface area contributed by atoms with Crippen molar-refractivity contribution in [3.05, 3.63) is 39.9 Å². The van der Waals surface area contributed by atoms with Gasteiger partial charge in [-0.15, -0.1) is 0 Å². The number of hydrogen-bond donors (Lipinski definition) is 0. The van der Waals surface area contributed by atoms with Crippen LogP contribution < -0.4 is 0 Å². The highest BCUT2D eigenvalue weighted by Gasteiger charge is 2.41. The first-order valence-electron chi connectivity index (χ1n) is 9.46. The summed E-state index contributed by atoms with van der Waals surface area (Å²) in [6.07, 6.45) is 0.701. The van der Waals surface area contributed by atoms with Crippen LogP contribution in [0.1, 0.15) is 46.1 Å². The highest BCUT2D eigenvalue weighted by molar-refractivity contribution is 6.42. The number of rotatable bonds is 4. The summed E-state index contributed by atoms with van der Waals surface area (Å²) in [4.78, 5) is 25.8. The van der Waals surface area contributed by atoms with E-state index in [-0.39, 0.29) is 43.1 Å². The lowest BCUT2D eigenvalue weighted by molar-refractivity contribution is -0.137. The maximum absolute atomic E-state index is 16.0. The lowest BCUT2D eigenvalue weighted by Gasteiger charge is -2.38. The lowest BCUT2D eigenvalue weighted by Crippen LogP contribution is -2.46. The Bertz CT molecular complexity index is 796. The number of benzene rings is 1. The van der Waals surface area contributed by atoms with E-state index in [1.165, 1.54) is 11.0 Å². The van der Waals surface area contributed by atoms with E-state index in [2.05, 4.69) is 0 Å². The zero-order chi connectivity index (χ0) is 21.8. The van der Waals surface area contributed by atoms with Crippen LogP contribution >= 0.6 is 23.2 Å². The summed E-state index contributed by atoms with van der Waals surface area (Å²) in [5.41, 5.74) is -1.85. The Morgan fingerprint density at radius 2 is 1.83 bits per heavy atom. The van der Waals surface area contributed by atoms with Crippen molar-refractivity contribution >= 4 is 40.8 Å².